The molecule has 2 aromatic rings. The lowest BCUT2D eigenvalue weighted by atomic mass is 10.1. The first-order valence-electron chi connectivity index (χ1n) is 7.71. The summed E-state index contributed by atoms with van der Waals surface area (Å²) in [5.74, 6) is 0.959. The predicted octanol–water partition coefficient (Wildman–Crippen LogP) is 3.26. The van der Waals surface area contributed by atoms with Gasteiger partial charge in [0.05, 0.1) is 6.42 Å². The van der Waals surface area contributed by atoms with Crippen molar-refractivity contribution >= 4 is 21.8 Å². The summed E-state index contributed by atoms with van der Waals surface area (Å²) in [7, 11) is 0. The third kappa shape index (κ3) is 4.06. The molecule has 126 valence electrons. The molecule has 0 aliphatic carbocycles. The van der Waals surface area contributed by atoms with E-state index in [4.69, 9.17) is 9.47 Å². The SMILES string of the molecule is O=C(Cc1cc2c(cc1Br)OCCO2)NCCc1ccccc1F. The van der Waals surface area contributed by atoms with Crippen molar-refractivity contribution in [3.63, 3.8) is 0 Å². The van der Waals surface area contributed by atoms with E-state index < -0.39 is 0 Å². The number of nitrogens with one attached hydrogen (secondary N) is 1. The van der Waals surface area contributed by atoms with E-state index in [1.54, 1.807) is 18.2 Å². The van der Waals surface area contributed by atoms with Gasteiger partial charge in [0.15, 0.2) is 11.5 Å². The summed E-state index contributed by atoms with van der Waals surface area (Å²) in [6, 6.07) is 10.2. The van der Waals surface area contributed by atoms with Gasteiger partial charge in [-0.3, -0.25) is 4.79 Å². The fourth-order valence-corrected chi connectivity index (χ4v) is 2.98. The van der Waals surface area contributed by atoms with Crippen LogP contribution in [0.5, 0.6) is 11.5 Å². The maximum atomic E-state index is 13.5. The number of ether oxygens (including phenoxy) is 2. The van der Waals surface area contributed by atoms with Crippen LogP contribution in [-0.2, 0) is 17.6 Å². The summed E-state index contributed by atoms with van der Waals surface area (Å²) in [5.41, 5.74) is 1.42. The number of halogens is 2. The number of hydrogen-bond donors (Lipinski definition) is 1. The molecule has 1 N–H and O–H groups in total. The van der Waals surface area contributed by atoms with Crippen LogP contribution in [0.3, 0.4) is 0 Å². The average molecular weight is 394 g/mol. The van der Waals surface area contributed by atoms with Crippen molar-refractivity contribution in [3.05, 3.63) is 57.8 Å². The van der Waals surface area contributed by atoms with Crippen molar-refractivity contribution in [2.24, 2.45) is 0 Å². The molecule has 1 heterocycles. The Morgan fingerprint density at radius 1 is 1.12 bits per heavy atom. The lowest BCUT2D eigenvalue weighted by Crippen LogP contribution is -2.27. The fourth-order valence-electron chi connectivity index (χ4n) is 2.51. The quantitative estimate of drug-likeness (QED) is 0.847. The smallest absolute Gasteiger partial charge is 0.224 e. The number of carbonyl (C=O) groups excluding carboxylic acids is 1. The molecule has 0 fully saturated rings. The van der Waals surface area contributed by atoms with Crippen LogP contribution >= 0.6 is 15.9 Å². The Hall–Kier alpha value is -2.08. The molecule has 1 aliphatic heterocycles. The van der Waals surface area contributed by atoms with Gasteiger partial charge in [0, 0.05) is 11.0 Å². The maximum absolute atomic E-state index is 13.5. The van der Waals surface area contributed by atoms with Crippen LogP contribution < -0.4 is 14.8 Å². The average Bonchev–Trinajstić information content (AvgIpc) is 2.57. The lowest BCUT2D eigenvalue weighted by Gasteiger charge is -2.19. The molecule has 3 rings (SSSR count). The van der Waals surface area contributed by atoms with E-state index in [9.17, 15) is 9.18 Å². The first kappa shape index (κ1) is 16.8. The van der Waals surface area contributed by atoms with Crippen molar-refractivity contribution in [2.45, 2.75) is 12.8 Å². The minimum absolute atomic E-state index is 0.122. The number of hydrogen-bond acceptors (Lipinski definition) is 3. The molecule has 0 atom stereocenters. The molecule has 4 nitrogen and oxygen atoms in total. The van der Waals surface area contributed by atoms with Crippen molar-refractivity contribution in [2.75, 3.05) is 19.8 Å². The second kappa shape index (κ2) is 7.66. The van der Waals surface area contributed by atoms with Crippen LogP contribution in [0, 0.1) is 5.82 Å². The van der Waals surface area contributed by atoms with Crippen molar-refractivity contribution in [1.29, 1.82) is 0 Å². The molecule has 0 saturated heterocycles. The van der Waals surface area contributed by atoms with Gasteiger partial charge in [-0.25, -0.2) is 4.39 Å². The summed E-state index contributed by atoms with van der Waals surface area (Å²) in [5, 5.41) is 2.82. The Balaban J connectivity index is 1.56. The van der Waals surface area contributed by atoms with Gasteiger partial charge >= 0.3 is 0 Å². The molecule has 24 heavy (non-hydrogen) atoms. The van der Waals surface area contributed by atoms with E-state index >= 15 is 0 Å². The fraction of sp³-hybridized carbons (Fsp3) is 0.278. The Morgan fingerprint density at radius 3 is 2.58 bits per heavy atom. The van der Waals surface area contributed by atoms with Gasteiger partial charge in [0.1, 0.15) is 19.0 Å². The summed E-state index contributed by atoms with van der Waals surface area (Å²) in [6.45, 7) is 1.42. The van der Waals surface area contributed by atoms with Crippen LogP contribution in [0.4, 0.5) is 4.39 Å². The molecular weight excluding hydrogens is 377 g/mol. The van der Waals surface area contributed by atoms with Gasteiger partial charge < -0.3 is 14.8 Å². The highest BCUT2D eigenvalue weighted by Gasteiger charge is 2.16. The number of fused-ring (bicyclic) bond motifs is 1. The zero-order valence-electron chi connectivity index (χ0n) is 13.0. The number of amides is 1. The molecule has 6 heteroatoms. The molecule has 0 spiro atoms. The van der Waals surface area contributed by atoms with E-state index in [0.29, 0.717) is 43.2 Å². The maximum Gasteiger partial charge on any atom is 0.224 e. The van der Waals surface area contributed by atoms with Crippen LogP contribution in [0.2, 0.25) is 0 Å². The Bertz CT molecular complexity index is 751. The van der Waals surface area contributed by atoms with Gasteiger partial charge in [0.25, 0.3) is 0 Å². The van der Waals surface area contributed by atoms with Crippen molar-refractivity contribution in [3.8, 4) is 11.5 Å². The lowest BCUT2D eigenvalue weighted by molar-refractivity contribution is -0.120. The monoisotopic (exact) mass is 393 g/mol. The number of benzene rings is 2. The third-order valence-electron chi connectivity index (χ3n) is 3.74. The van der Waals surface area contributed by atoms with Gasteiger partial charge in [-0.15, -0.1) is 0 Å². The zero-order chi connectivity index (χ0) is 16.9. The highest BCUT2D eigenvalue weighted by atomic mass is 79.9. The zero-order valence-corrected chi connectivity index (χ0v) is 14.6. The minimum Gasteiger partial charge on any atom is -0.486 e. The molecule has 0 bridgehead atoms. The summed E-state index contributed by atoms with van der Waals surface area (Å²) < 4.78 is 25.4. The van der Waals surface area contributed by atoms with Gasteiger partial charge in [-0.2, -0.15) is 0 Å². The molecule has 0 saturated carbocycles. The molecule has 2 aromatic carbocycles. The standard InChI is InChI=1S/C18H17BrFNO3/c19-14-11-17-16(23-7-8-24-17)9-13(14)10-18(22)21-6-5-12-3-1-2-4-15(12)20/h1-4,9,11H,5-8,10H2,(H,21,22). The number of rotatable bonds is 5. The highest BCUT2D eigenvalue weighted by Crippen LogP contribution is 2.35. The van der Waals surface area contributed by atoms with Crippen LogP contribution in [-0.4, -0.2) is 25.7 Å². The molecule has 0 unspecified atom stereocenters. The molecule has 1 aliphatic rings. The van der Waals surface area contributed by atoms with E-state index in [1.807, 2.05) is 12.1 Å². The molecular formula is C18H17BrFNO3. The second-order valence-corrected chi connectivity index (χ2v) is 6.31. The highest BCUT2D eigenvalue weighted by molar-refractivity contribution is 9.10. The van der Waals surface area contributed by atoms with Crippen molar-refractivity contribution < 1.29 is 18.7 Å². The van der Waals surface area contributed by atoms with Gasteiger partial charge in [0.2, 0.25) is 5.91 Å². The molecule has 0 radical (unpaired) electrons. The summed E-state index contributed by atoms with van der Waals surface area (Å²) >= 11 is 3.45. The van der Waals surface area contributed by atoms with E-state index in [1.165, 1.54) is 6.07 Å². The van der Waals surface area contributed by atoms with Gasteiger partial charge in [-0.05, 0) is 35.7 Å². The predicted molar refractivity (Wildman–Crippen MR) is 91.9 cm³/mol. The summed E-state index contributed by atoms with van der Waals surface area (Å²) in [6.07, 6.45) is 0.676. The first-order valence-corrected chi connectivity index (χ1v) is 8.51. The van der Waals surface area contributed by atoms with Crippen molar-refractivity contribution in [1.82, 2.24) is 5.32 Å². The Kier molecular flexibility index (Phi) is 5.35. The normalized spacial score (nSPS) is 12.8. The Labute approximate surface area is 148 Å². The van der Waals surface area contributed by atoms with Gasteiger partial charge in [-0.1, -0.05) is 34.1 Å². The van der Waals surface area contributed by atoms with Crippen LogP contribution in [0.1, 0.15) is 11.1 Å². The number of carbonyl (C=O) groups is 1. The van der Waals surface area contributed by atoms with E-state index in [0.717, 1.165) is 10.0 Å². The topological polar surface area (TPSA) is 47.6 Å². The second-order valence-electron chi connectivity index (χ2n) is 5.46. The largest absolute Gasteiger partial charge is 0.486 e. The van der Waals surface area contributed by atoms with Crippen LogP contribution in [0.25, 0.3) is 0 Å². The summed E-state index contributed by atoms with van der Waals surface area (Å²) in [4.78, 5) is 12.1. The molecule has 1 amide bonds. The van der Waals surface area contributed by atoms with E-state index in [-0.39, 0.29) is 18.1 Å². The van der Waals surface area contributed by atoms with E-state index in [2.05, 4.69) is 21.2 Å². The molecule has 0 aromatic heterocycles. The first-order chi connectivity index (χ1) is 11.6. The Morgan fingerprint density at radius 2 is 1.83 bits per heavy atom. The third-order valence-corrected chi connectivity index (χ3v) is 4.47. The van der Waals surface area contributed by atoms with Crippen LogP contribution in [0.15, 0.2) is 40.9 Å². The minimum atomic E-state index is -0.249.